The van der Waals surface area contributed by atoms with Gasteiger partial charge in [-0.05, 0) is 29.5 Å². The lowest BCUT2D eigenvalue weighted by Gasteiger charge is -2.38. The molecule has 0 bridgehead atoms. The summed E-state index contributed by atoms with van der Waals surface area (Å²) in [4.78, 5) is 53.8. The van der Waals surface area contributed by atoms with E-state index in [4.69, 9.17) is 0 Å². The van der Waals surface area contributed by atoms with Gasteiger partial charge in [0.2, 0.25) is 5.91 Å². The van der Waals surface area contributed by atoms with Crippen molar-refractivity contribution in [3.05, 3.63) is 67.5 Å². The van der Waals surface area contributed by atoms with Crippen molar-refractivity contribution in [3.63, 3.8) is 0 Å². The largest absolute Gasteiger partial charge is 0.344 e. The van der Waals surface area contributed by atoms with Gasteiger partial charge in [0.25, 0.3) is 5.56 Å². The van der Waals surface area contributed by atoms with E-state index < -0.39 is 17.2 Å². The number of allylic oxidation sites excluding steroid dienone is 2. The Morgan fingerprint density at radius 1 is 1.07 bits per heavy atom. The molecule has 0 radical (unpaired) electrons. The van der Waals surface area contributed by atoms with Gasteiger partial charge in [-0.15, -0.1) is 0 Å². The van der Waals surface area contributed by atoms with E-state index in [2.05, 4.69) is 20.6 Å². The number of nitrogens with one attached hydrogen (secondary N) is 4. The van der Waals surface area contributed by atoms with Crippen LogP contribution in [0.3, 0.4) is 0 Å². The fourth-order valence-electron chi connectivity index (χ4n) is 4.24. The van der Waals surface area contributed by atoms with E-state index in [-0.39, 0.29) is 17.1 Å². The maximum atomic E-state index is 13.1. The van der Waals surface area contributed by atoms with Crippen LogP contribution >= 0.6 is 0 Å². The number of ketones is 1. The molecule has 0 saturated heterocycles. The summed E-state index contributed by atoms with van der Waals surface area (Å²) in [5.74, 6) is -0.486. The van der Waals surface area contributed by atoms with Crippen molar-refractivity contribution in [2.45, 2.75) is 39.5 Å². The predicted molar refractivity (Wildman–Crippen MR) is 109 cm³/mol. The first kappa shape index (κ1) is 18.9. The van der Waals surface area contributed by atoms with Crippen LogP contribution in [0.15, 0.2) is 45.1 Å². The van der Waals surface area contributed by atoms with E-state index in [0.29, 0.717) is 35.5 Å². The summed E-state index contributed by atoms with van der Waals surface area (Å²) in [6.45, 7) is 5.46. The molecule has 2 aromatic rings. The first-order chi connectivity index (χ1) is 13.6. The molecule has 8 heteroatoms. The second-order valence-electron chi connectivity index (χ2n) is 8.39. The summed E-state index contributed by atoms with van der Waals surface area (Å²) >= 11 is 0. The molecule has 1 aliphatic heterocycles. The number of amides is 1. The topological polar surface area (TPSA) is 124 Å². The monoisotopic (exact) mass is 394 g/mol. The molecule has 29 heavy (non-hydrogen) atoms. The van der Waals surface area contributed by atoms with Crippen molar-refractivity contribution in [2.24, 2.45) is 5.41 Å². The zero-order chi connectivity index (χ0) is 20.9. The van der Waals surface area contributed by atoms with E-state index in [1.165, 1.54) is 6.92 Å². The molecule has 4 N–H and O–H groups in total. The number of rotatable bonds is 2. The highest BCUT2D eigenvalue weighted by atomic mass is 16.2. The van der Waals surface area contributed by atoms with E-state index in [0.717, 1.165) is 11.3 Å². The molecule has 2 aliphatic rings. The number of H-pyrrole nitrogens is 2. The Bertz CT molecular complexity index is 1170. The lowest BCUT2D eigenvalue weighted by atomic mass is 9.69. The minimum absolute atomic E-state index is 0.0177. The first-order valence-electron chi connectivity index (χ1n) is 9.42. The predicted octanol–water partition coefficient (Wildman–Crippen LogP) is 2.22. The number of hydrogen-bond acceptors (Lipinski definition) is 5. The molecular formula is C21H22N4O4. The zero-order valence-corrected chi connectivity index (χ0v) is 16.4. The van der Waals surface area contributed by atoms with Crippen LogP contribution in [0.4, 0.5) is 11.5 Å². The van der Waals surface area contributed by atoms with Gasteiger partial charge in [-0.1, -0.05) is 26.0 Å². The lowest BCUT2D eigenvalue weighted by Crippen LogP contribution is -2.38. The van der Waals surface area contributed by atoms with Crippen LogP contribution in [0.2, 0.25) is 0 Å². The average molecular weight is 394 g/mol. The van der Waals surface area contributed by atoms with Crippen molar-refractivity contribution in [1.29, 1.82) is 0 Å². The van der Waals surface area contributed by atoms with Crippen molar-refractivity contribution in [2.75, 3.05) is 10.6 Å². The maximum Gasteiger partial charge on any atom is 0.327 e. The number of hydrogen-bond donors (Lipinski definition) is 4. The van der Waals surface area contributed by atoms with Crippen LogP contribution in [0.1, 0.15) is 50.7 Å². The highest BCUT2D eigenvalue weighted by Gasteiger charge is 2.42. The van der Waals surface area contributed by atoms with Crippen molar-refractivity contribution in [3.8, 4) is 0 Å². The number of carbonyl (C=O) groups is 2. The molecule has 2 heterocycles. The molecule has 1 aromatic carbocycles. The zero-order valence-electron chi connectivity index (χ0n) is 16.4. The molecule has 0 unspecified atom stereocenters. The molecule has 1 aromatic heterocycles. The number of aromatic nitrogens is 2. The summed E-state index contributed by atoms with van der Waals surface area (Å²) in [6.07, 6.45) is 1.01. The fraction of sp³-hybridized carbons (Fsp3) is 0.333. The number of aromatic amines is 2. The van der Waals surface area contributed by atoms with Crippen molar-refractivity contribution >= 4 is 23.2 Å². The molecule has 0 spiro atoms. The molecular weight excluding hydrogens is 372 g/mol. The molecule has 4 rings (SSSR count). The van der Waals surface area contributed by atoms with Gasteiger partial charge in [0.05, 0.1) is 5.56 Å². The number of Topliss-reactive ketones (excluding diaryl/α,β-unsaturated/α-hetero) is 1. The van der Waals surface area contributed by atoms with Gasteiger partial charge in [0, 0.05) is 36.2 Å². The average Bonchev–Trinajstić information content (AvgIpc) is 2.58. The third-order valence-corrected chi connectivity index (χ3v) is 5.32. The fourth-order valence-corrected chi connectivity index (χ4v) is 4.24. The Kier molecular flexibility index (Phi) is 4.29. The van der Waals surface area contributed by atoms with Crippen LogP contribution in [-0.2, 0) is 9.59 Å². The lowest BCUT2D eigenvalue weighted by molar-refractivity contribution is -0.118. The summed E-state index contributed by atoms with van der Waals surface area (Å²) in [6, 6.07) is 7.03. The molecule has 1 amide bonds. The first-order valence-corrected chi connectivity index (χ1v) is 9.42. The highest BCUT2D eigenvalue weighted by Crippen LogP contribution is 2.47. The molecule has 0 fully saturated rings. The van der Waals surface area contributed by atoms with Gasteiger partial charge in [0.15, 0.2) is 5.78 Å². The van der Waals surface area contributed by atoms with E-state index in [1.54, 1.807) is 24.3 Å². The maximum absolute atomic E-state index is 13.1. The SMILES string of the molecule is CC(=O)Nc1ccc([C@@H]2C3=C(CC(C)(C)CC3=O)Nc3[nH]c(=O)[nH]c(=O)c32)cc1. The molecule has 8 nitrogen and oxygen atoms in total. The highest BCUT2D eigenvalue weighted by molar-refractivity contribution is 6.01. The van der Waals surface area contributed by atoms with Crippen LogP contribution in [0.25, 0.3) is 0 Å². The van der Waals surface area contributed by atoms with E-state index in [1.807, 2.05) is 13.8 Å². The van der Waals surface area contributed by atoms with Crippen molar-refractivity contribution < 1.29 is 9.59 Å². The summed E-state index contributed by atoms with van der Waals surface area (Å²) in [5, 5.41) is 5.83. The number of fused-ring (bicyclic) bond motifs is 1. The van der Waals surface area contributed by atoms with Crippen LogP contribution in [0.5, 0.6) is 0 Å². The Balaban J connectivity index is 1.91. The second-order valence-corrected chi connectivity index (χ2v) is 8.39. The molecule has 150 valence electrons. The summed E-state index contributed by atoms with van der Waals surface area (Å²) < 4.78 is 0. The third kappa shape index (κ3) is 3.41. The van der Waals surface area contributed by atoms with Crippen LogP contribution in [0, 0.1) is 5.41 Å². The third-order valence-electron chi connectivity index (χ3n) is 5.32. The van der Waals surface area contributed by atoms with E-state index in [9.17, 15) is 19.2 Å². The molecule has 1 aliphatic carbocycles. The summed E-state index contributed by atoms with van der Waals surface area (Å²) in [7, 11) is 0. The quantitative estimate of drug-likeness (QED) is 0.622. The Morgan fingerprint density at radius 2 is 1.76 bits per heavy atom. The number of carbonyl (C=O) groups excluding carboxylic acids is 2. The standard InChI is InChI=1S/C21H22N4O4/c1-10(26)22-12-6-4-11(5-7-12)15-16-13(8-21(2,3)9-14(16)27)23-18-17(15)19(28)25-20(29)24-18/h4-7,15H,8-9H2,1-3H3,(H,22,26)(H3,23,24,25,28,29)/t15-/m1/s1. The minimum atomic E-state index is -0.605. The molecule has 1 atom stereocenters. The van der Waals surface area contributed by atoms with Crippen LogP contribution < -0.4 is 21.9 Å². The van der Waals surface area contributed by atoms with Gasteiger partial charge in [0.1, 0.15) is 5.82 Å². The number of anilines is 2. The molecule has 0 saturated carbocycles. The Morgan fingerprint density at radius 3 is 2.41 bits per heavy atom. The second kappa shape index (κ2) is 6.58. The van der Waals surface area contributed by atoms with Gasteiger partial charge >= 0.3 is 5.69 Å². The Hall–Kier alpha value is -3.42. The number of benzene rings is 1. The van der Waals surface area contributed by atoms with Crippen LogP contribution in [-0.4, -0.2) is 21.7 Å². The van der Waals surface area contributed by atoms with Crippen molar-refractivity contribution in [1.82, 2.24) is 9.97 Å². The van der Waals surface area contributed by atoms with E-state index >= 15 is 0 Å². The van der Waals surface area contributed by atoms with Gasteiger partial charge in [-0.25, -0.2) is 4.79 Å². The normalized spacial score (nSPS) is 19.8. The summed E-state index contributed by atoms with van der Waals surface area (Å²) in [5.41, 5.74) is 1.60. The smallest absolute Gasteiger partial charge is 0.327 e. The van der Waals surface area contributed by atoms with Gasteiger partial charge in [-0.3, -0.25) is 24.4 Å². The van der Waals surface area contributed by atoms with Gasteiger partial charge in [-0.2, -0.15) is 0 Å². The minimum Gasteiger partial charge on any atom is -0.344 e. The Labute approximate surface area is 166 Å². The van der Waals surface area contributed by atoms with Gasteiger partial charge < -0.3 is 10.6 Å².